The first-order valence-electron chi connectivity index (χ1n) is 5.13. The zero-order valence-electron chi connectivity index (χ0n) is 8.42. The van der Waals surface area contributed by atoms with E-state index in [-0.39, 0.29) is 5.60 Å². The van der Waals surface area contributed by atoms with Crippen LogP contribution in [0.25, 0.3) is 0 Å². The summed E-state index contributed by atoms with van der Waals surface area (Å²) in [5.41, 5.74) is 0.0494. The lowest BCUT2D eigenvalue weighted by Crippen LogP contribution is -2.27. The minimum absolute atomic E-state index is 0.0494. The highest BCUT2D eigenvalue weighted by Crippen LogP contribution is 2.34. The monoisotopic (exact) mass is 210 g/mol. The minimum Gasteiger partial charge on any atom is -0.488 e. The smallest absolute Gasteiger partial charge is 0.120 e. The van der Waals surface area contributed by atoms with E-state index in [1.54, 1.807) is 0 Å². The van der Waals surface area contributed by atoms with Crippen LogP contribution in [-0.4, -0.2) is 5.60 Å². The van der Waals surface area contributed by atoms with Crippen LogP contribution in [0.15, 0.2) is 24.3 Å². The molecule has 0 heterocycles. The second-order valence-electron chi connectivity index (χ2n) is 4.21. The molecule has 0 amide bonds. The summed E-state index contributed by atoms with van der Waals surface area (Å²) in [4.78, 5) is 0. The number of hydrogen-bond acceptors (Lipinski definition) is 1. The summed E-state index contributed by atoms with van der Waals surface area (Å²) in [7, 11) is 0. The maximum atomic E-state index is 5.96. The normalized spacial score (nSPS) is 19.6. The van der Waals surface area contributed by atoms with Crippen molar-refractivity contribution in [3.8, 4) is 5.75 Å². The van der Waals surface area contributed by atoms with E-state index in [1.807, 2.05) is 24.3 Å². The first-order valence-corrected chi connectivity index (χ1v) is 5.50. The maximum absolute atomic E-state index is 5.96. The van der Waals surface area contributed by atoms with Gasteiger partial charge in [0.25, 0.3) is 0 Å². The van der Waals surface area contributed by atoms with Gasteiger partial charge in [0.15, 0.2) is 0 Å². The predicted octanol–water partition coefficient (Wildman–Crippen LogP) is 4.05. The zero-order chi connectivity index (χ0) is 10.0. The van der Waals surface area contributed by atoms with Gasteiger partial charge in [0.05, 0.1) is 0 Å². The van der Waals surface area contributed by atoms with Crippen molar-refractivity contribution in [3.63, 3.8) is 0 Å². The lowest BCUT2D eigenvalue weighted by atomic mass is 10.1. The van der Waals surface area contributed by atoms with E-state index in [4.69, 9.17) is 16.3 Å². The number of halogens is 1. The second kappa shape index (κ2) is 3.82. The van der Waals surface area contributed by atoms with Crippen molar-refractivity contribution in [2.24, 2.45) is 0 Å². The Kier molecular flexibility index (Phi) is 2.69. The van der Waals surface area contributed by atoms with Gasteiger partial charge in [-0.05, 0) is 56.9 Å². The van der Waals surface area contributed by atoms with E-state index in [9.17, 15) is 0 Å². The fraction of sp³-hybridized carbons (Fsp3) is 0.500. The van der Waals surface area contributed by atoms with E-state index < -0.39 is 0 Å². The Hall–Kier alpha value is -0.690. The average molecular weight is 211 g/mol. The Morgan fingerprint density at radius 3 is 2.29 bits per heavy atom. The Labute approximate surface area is 90.0 Å². The third-order valence-electron chi connectivity index (χ3n) is 2.84. The van der Waals surface area contributed by atoms with Crippen LogP contribution in [-0.2, 0) is 0 Å². The predicted molar refractivity (Wildman–Crippen MR) is 59.0 cm³/mol. The van der Waals surface area contributed by atoms with Crippen molar-refractivity contribution in [2.75, 3.05) is 0 Å². The summed E-state index contributed by atoms with van der Waals surface area (Å²) < 4.78 is 5.96. The van der Waals surface area contributed by atoms with Crippen molar-refractivity contribution in [1.29, 1.82) is 0 Å². The largest absolute Gasteiger partial charge is 0.488 e. The van der Waals surface area contributed by atoms with Gasteiger partial charge in [-0.3, -0.25) is 0 Å². The zero-order valence-corrected chi connectivity index (χ0v) is 9.18. The van der Waals surface area contributed by atoms with Crippen LogP contribution >= 0.6 is 11.6 Å². The molecule has 1 fully saturated rings. The number of benzene rings is 1. The standard InChI is InChI=1S/C12H15ClO/c1-12(8-2-3-9-12)14-11-6-4-10(13)5-7-11/h4-7H,2-3,8-9H2,1H3. The molecule has 1 nitrogen and oxygen atoms in total. The Morgan fingerprint density at radius 1 is 1.14 bits per heavy atom. The lowest BCUT2D eigenvalue weighted by Gasteiger charge is -2.25. The van der Waals surface area contributed by atoms with Gasteiger partial charge < -0.3 is 4.74 Å². The number of rotatable bonds is 2. The van der Waals surface area contributed by atoms with Crippen molar-refractivity contribution in [2.45, 2.75) is 38.2 Å². The van der Waals surface area contributed by atoms with Crippen LogP contribution < -0.4 is 4.74 Å². The second-order valence-corrected chi connectivity index (χ2v) is 4.65. The fourth-order valence-electron chi connectivity index (χ4n) is 2.01. The highest BCUT2D eigenvalue weighted by atomic mass is 35.5. The molecule has 0 bridgehead atoms. The van der Waals surface area contributed by atoms with Gasteiger partial charge in [0, 0.05) is 5.02 Å². The van der Waals surface area contributed by atoms with Gasteiger partial charge in [-0.2, -0.15) is 0 Å². The molecule has 1 aliphatic rings. The van der Waals surface area contributed by atoms with Crippen LogP contribution in [0.3, 0.4) is 0 Å². The van der Waals surface area contributed by atoms with Crippen LogP contribution in [0.2, 0.25) is 5.02 Å². The molecule has 0 spiro atoms. The Balaban J connectivity index is 2.06. The van der Waals surface area contributed by atoms with Crippen LogP contribution in [0.5, 0.6) is 5.75 Å². The van der Waals surface area contributed by atoms with Crippen molar-refractivity contribution in [1.82, 2.24) is 0 Å². The Morgan fingerprint density at radius 2 is 1.71 bits per heavy atom. The summed E-state index contributed by atoms with van der Waals surface area (Å²) in [6.07, 6.45) is 4.89. The molecular formula is C12H15ClO. The van der Waals surface area contributed by atoms with Gasteiger partial charge in [-0.1, -0.05) is 11.6 Å². The first kappa shape index (κ1) is 9.85. The van der Waals surface area contributed by atoms with Crippen molar-refractivity contribution >= 4 is 11.6 Å². The van der Waals surface area contributed by atoms with Gasteiger partial charge >= 0.3 is 0 Å². The summed E-state index contributed by atoms with van der Waals surface area (Å²) in [5.74, 6) is 0.929. The molecule has 0 aromatic heterocycles. The third kappa shape index (κ3) is 2.21. The van der Waals surface area contributed by atoms with Gasteiger partial charge in [0.2, 0.25) is 0 Å². The molecule has 1 aliphatic carbocycles. The average Bonchev–Trinajstić information content (AvgIpc) is 2.57. The molecule has 14 heavy (non-hydrogen) atoms. The van der Waals surface area contributed by atoms with Crippen LogP contribution in [0, 0.1) is 0 Å². The molecule has 2 heteroatoms. The molecule has 2 rings (SSSR count). The van der Waals surface area contributed by atoms with Gasteiger partial charge in [-0.25, -0.2) is 0 Å². The van der Waals surface area contributed by atoms with Crippen molar-refractivity contribution < 1.29 is 4.74 Å². The highest BCUT2D eigenvalue weighted by Gasteiger charge is 2.30. The third-order valence-corrected chi connectivity index (χ3v) is 3.09. The molecule has 1 saturated carbocycles. The summed E-state index contributed by atoms with van der Waals surface area (Å²) in [5, 5.41) is 0.758. The van der Waals surface area contributed by atoms with E-state index in [0.29, 0.717) is 0 Å². The van der Waals surface area contributed by atoms with E-state index >= 15 is 0 Å². The topological polar surface area (TPSA) is 9.23 Å². The first-order chi connectivity index (χ1) is 6.68. The highest BCUT2D eigenvalue weighted by molar-refractivity contribution is 6.30. The summed E-state index contributed by atoms with van der Waals surface area (Å²) in [6, 6.07) is 7.61. The van der Waals surface area contributed by atoms with E-state index in [0.717, 1.165) is 23.6 Å². The molecule has 0 N–H and O–H groups in total. The van der Waals surface area contributed by atoms with Gasteiger partial charge in [0.1, 0.15) is 11.4 Å². The van der Waals surface area contributed by atoms with Crippen LogP contribution in [0.1, 0.15) is 32.6 Å². The minimum atomic E-state index is 0.0494. The molecule has 1 aromatic rings. The van der Waals surface area contributed by atoms with Gasteiger partial charge in [-0.15, -0.1) is 0 Å². The molecule has 0 saturated heterocycles. The molecule has 0 unspecified atom stereocenters. The van der Waals surface area contributed by atoms with Crippen LogP contribution in [0.4, 0.5) is 0 Å². The maximum Gasteiger partial charge on any atom is 0.120 e. The molecule has 0 atom stereocenters. The Bertz CT molecular complexity index is 299. The fourth-order valence-corrected chi connectivity index (χ4v) is 2.14. The summed E-state index contributed by atoms with van der Waals surface area (Å²) >= 11 is 5.81. The molecule has 76 valence electrons. The molecule has 1 aromatic carbocycles. The van der Waals surface area contributed by atoms with E-state index in [1.165, 1.54) is 12.8 Å². The quantitative estimate of drug-likeness (QED) is 0.716. The molecular weight excluding hydrogens is 196 g/mol. The van der Waals surface area contributed by atoms with E-state index in [2.05, 4.69) is 6.92 Å². The molecule has 0 aliphatic heterocycles. The lowest BCUT2D eigenvalue weighted by molar-refractivity contribution is 0.0968. The molecule has 0 radical (unpaired) electrons. The number of hydrogen-bond donors (Lipinski definition) is 0. The summed E-state index contributed by atoms with van der Waals surface area (Å²) in [6.45, 7) is 2.19. The SMILES string of the molecule is CC1(Oc2ccc(Cl)cc2)CCCC1. The number of ether oxygens (including phenoxy) is 1. The van der Waals surface area contributed by atoms with Crippen molar-refractivity contribution in [3.05, 3.63) is 29.3 Å².